The number of phenolic OH excluding ortho intramolecular Hbond substituents is 2. The maximum absolute atomic E-state index is 13.9. The maximum atomic E-state index is 13.9. The van der Waals surface area contributed by atoms with Gasteiger partial charge in [-0.2, -0.15) is 5.26 Å². The molecular formula is C32H36N2O11. The number of ketones is 2. The van der Waals surface area contributed by atoms with Crippen molar-refractivity contribution in [3.05, 3.63) is 51.6 Å². The lowest BCUT2D eigenvalue weighted by Crippen LogP contribution is -2.60. The van der Waals surface area contributed by atoms with Gasteiger partial charge in [0.25, 0.3) is 0 Å². The molecule has 13 nitrogen and oxygen atoms in total. The molecule has 8 atom stereocenters. The highest BCUT2D eigenvalue weighted by Gasteiger charge is 2.50. The lowest BCUT2D eigenvalue weighted by atomic mass is 9.71. The van der Waals surface area contributed by atoms with Crippen molar-refractivity contribution in [1.82, 2.24) is 4.90 Å². The number of methoxy groups -OCH3 is 1. The van der Waals surface area contributed by atoms with Crippen LogP contribution >= 0.6 is 0 Å². The summed E-state index contributed by atoms with van der Waals surface area (Å²) in [6.45, 7) is 3.98. The standard InChI is InChI=1S/C32H36N2O11/c1-14-27(36)19(34-7-8-43-13-16(34)12-33)9-22(44-14)45-21-11-32(41,15(2)35)10-18-24(21)31(40)26-25(29(18)38)28(37)17-5-4-6-20(42-3)23(17)30(26)39/h4-6,14-16,19,21-22,27,35-36,38,40-41H,7-11,13H2,1-3H3/t14-,15?,16+,19-,21?,22-,27+,32?/m0/s1. The Hall–Kier alpha value is -3.61. The second kappa shape index (κ2) is 11.6. The Morgan fingerprint density at radius 1 is 1.16 bits per heavy atom. The van der Waals surface area contributed by atoms with E-state index < -0.39 is 82.6 Å². The second-order valence-corrected chi connectivity index (χ2v) is 12.2. The van der Waals surface area contributed by atoms with Crippen LogP contribution in [0.15, 0.2) is 18.2 Å². The number of hydrogen-bond donors (Lipinski definition) is 5. The molecule has 13 heteroatoms. The van der Waals surface area contributed by atoms with E-state index >= 15 is 0 Å². The Kier molecular flexibility index (Phi) is 8.11. The third-order valence-corrected chi connectivity index (χ3v) is 9.62. The van der Waals surface area contributed by atoms with Crippen LogP contribution in [0.3, 0.4) is 0 Å². The van der Waals surface area contributed by atoms with Crippen LogP contribution < -0.4 is 4.74 Å². The normalized spacial score (nSPS) is 32.2. The number of morpholine rings is 1. The van der Waals surface area contributed by atoms with Crippen LogP contribution in [0.25, 0.3) is 0 Å². The number of hydrogen-bond acceptors (Lipinski definition) is 13. The average molecular weight is 625 g/mol. The molecule has 45 heavy (non-hydrogen) atoms. The largest absolute Gasteiger partial charge is 0.507 e. The van der Waals surface area contributed by atoms with Gasteiger partial charge in [-0.3, -0.25) is 14.5 Å². The molecule has 0 aromatic heterocycles. The van der Waals surface area contributed by atoms with Crippen molar-refractivity contribution in [2.45, 2.75) is 81.5 Å². The number of phenols is 2. The number of ether oxygens (including phenoxy) is 4. The highest BCUT2D eigenvalue weighted by atomic mass is 16.7. The van der Waals surface area contributed by atoms with Gasteiger partial charge in [0.2, 0.25) is 5.78 Å². The molecule has 240 valence electrons. The summed E-state index contributed by atoms with van der Waals surface area (Å²) in [5, 5.41) is 66.2. The number of carbonyl (C=O) groups is 2. The number of benzene rings is 2. The lowest BCUT2D eigenvalue weighted by molar-refractivity contribution is -0.264. The minimum absolute atomic E-state index is 0.0103. The van der Waals surface area contributed by atoms with Crippen molar-refractivity contribution in [3.63, 3.8) is 0 Å². The summed E-state index contributed by atoms with van der Waals surface area (Å²) in [5.74, 6) is -2.52. The molecule has 0 radical (unpaired) electrons. The number of fused-ring (bicyclic) bond motifs is 3. The van der Waals surface area contributed by atoms with E-state index in [0.717, 1.165) is 0 Å². The van der Waals surface area contributed by atoms with E-state index in [2.05, 4.69) is 6.07 Å². The third-order valence-electron chi connectivity index (χ3n) is 9.62. The average Bonchev–Trinajstić information content (AvgIpc) is 3.02. The first-order valence-corrected chi connectivity index (χ1v) is 14.9. The predicted octanol–water partition coefficient (Wildman–Crippen LogP) is 1.09. The zero-order valence-electron chi connectivity index (χ0n) is 25.1. The summed E-state index contributed by atoms with van der Waals surface area (Å²) in [4.78, 5) is 29.4. The lowest BCUT2D eigenvalue weighted by Gasteiger charge is -2.47. The van der Waals surface area contributed by atoms with E-state index in [1.54, 1.807) is 6.92 Å². The van der Waals surface area contributed by atoms with Gasteiger partial charge in [-0.05, 0) is 19.9 Å². The first kappa shape index (κ1) is 31.4. The second-order valence-electron chi connectivity index (χ2n) is 12.2. The first-order valence-electron chi connectivity index (χ1n) is 14.9. The minimum atomic E-state index is -1.85. The van der Waals surface area contributed by atoms with Crippen molar-refractivity contribution in [3.8, 4) is 23.3 Å². The summed E-state index contributed by atoms with van der Waals surface area (Å²) < 4.78 is 23.1. The van der Waals surface area contributed by atoms with E-state index in [4.69, 9.17) is 18.9 Å². The van der Waals surface area contributed by atoms with Crippen LogP contribution in [0.1, 0.15) is 75.8 Å². The van der Waals surface area contributed by atoms with Gasteiger partial charge in [-0.15, -0.1) is 0 Å². The number of aliphatic hydroxyl groups is 3. The van der Waals surface area contributed by atoms with Crippen molar-refractivity contribution < 1.29 is 54.1 Å². The zero-order valence-corrected chi connectivity index (χ0v) is 25.1. The monoisotopic (exact) mass is 624 g/mol. The van der Waals surface area contributed by atoms with Crippen LogP contribution in [0.2, 0.25) is 0 Å². The van der Waals surface area contributed by atoms with Gasteiger partial charge in [0, 0.05) is 48.5 Å². The molecule has 3 unspecified atom stereocenters. The molecule has 2 aromatic carbocycles. The molecule has 0 spiro atoms. The molecule has 0 saturated carbocycles. The van der Waals surface area contributed by atoms with Crippen LogP contribution in [0, 0.1) is 11.3 Å². The van der Waals surface area contributed by atoms with Gasteiger partial charge in [-0.25, -0.2) is 0 Å². The van der Waals surface area contributed by atoms with Crippen molar-refractivity contribution in [1.29, 1.82) is 5.26 Å². The smallest absolute Gasteiger partial charge is 0.202 e. The Bertz CT molecular complexity index is 1590. The number of aliphatic hydroxyl groups excluding tert-OH is 2. The predicted molar refractivity (Wildman–Crippen MR) is 154 cm³/mol. The van der Waals surface area contributed by atoms with E-state index in [1.807, 2.05) is 4.90 Å². The van der Waals surface area contributed by atoms with E-state index in [-0.39, 0.29) is 53.9 Å². The van der Waals surface area contributed by atoms with E-state index in [0.29, 0.717) is 13.2 Å². The fourth-order valence-electron chi connectivity index (χ4n) is 7.13. The number of nitrogens with zero attached hydrogens (tertiary/aromatic N) is 2. The minimum Gasteiger partial charge on any atom is -0.507 e. The van der Waals surface area contributed by atoms with Crippen LogP contribution in [0.4, 0.5) is 0 Å². The fourth-order valence-corrected chi connectivity index (χ4v) is 7.13. The molecule has 2 aromatic rings. The molecule has 5 N–H and O–H groups in total. The third kappa shape index (κ3) is 4.97. The van der Waals surface area contributed by atoms with Gasteiger partial charge in [0.15, 0.2) is 12.1 Å². The maximum Gasteiger partial charge on any atom is 0.202 e. The van der Waals surface area contributed by atoms with Crippen LogP contribution in [-0.4, -0.2) is 111 Å². The fraction of sp³-hybridized carbons (Fsp3) is 0.531. The molecule has 2 aliphatic carbocycles. The molecule has 2 heterocycles. The zero-order chi connectivity index (χ0) is 32.4. The topological polar surface area (TPSA) is 199 Å². The van der Waals surface area contributed by atoms with Gasteiger partial charge in [0.05, 0.1) is 73.1 Å². The van der Waals surface area contributed by atoms with Crippen LogP contribution in [0.5, 0.6) is 17.2 Å². The molecule has 4 aliphatic rings. The molecule has 2 aliphatic heterocycles. The Morgan fingerprint density at radius 3 is 2.58 bits per heavy atom. The Balaban J connectivity index is 1.43. The van der Waals surface area contributed by atoms with Crippen molar-refractivity contribution >= 4 is 11.6 Å². The summed E-state index contributed by atoms with van der Waals surface area (Å²) in [5.41, 5.74) is -2.81. The first-order chi connectivity index (χ1) is 21.4. The summed E-state index contributed by atoms with van der Waals surface area (Å²) in [6, 6.07) is 5.51. The highest BCUT2D eigenvalue weighted by Crippen LogP contribution is 2.53. The Morgan fingerprint density at radius 2 is 1.89 bits per heavy atom. The van der Waals surface area contributed by atoms with E-state index in [1.165, 1.54) is 32.2 Å². The van der Waals surface area contributed by atoms with Gasteiger partial charge < -0.3 is 44.5 Å². The molecular weight excluding hydrogens is 588 g/mol. The van der Waals surface area contributed by atoms with E-state index in [9.17, 15) is 40.4 Å². The van der Waals surface area contributed by atoms with Gasteiger partial charge >= 0.3 is 0 Å². The number of nitriles is 1. The summed E-state index contributed by atoms with van der Waals surface area (Å²) in [7, 11) is 1.35. The molecule has 2 saturated heterocycles. The van der Waals surface area contributed by atoms with Gasteiger partial charge in [-0.1, -0.05) is 12.1 Å². The Labute approximate surface area is 259 Å². The van der Waals surface area contributed by atoms with Crippen molar-refractivity contribution in [2.75, 3.05) is 26.9 Å². The summed E-state index contributed by atoms with van der Waals surface area (Å²) >= 11 is 0. The SMILES string of the molecule is COc1cccc2c1C(=O)c1c(O)c3c(c(O)c1C2=O)CC(O)(C(C)O)CC3O[C@H]1C[C@H](N2CCOC[C@H]2C#N)[C@H](O)[C@H](C)O1. The van der Waals surface area contributed by atoms with Crippen LogP contribution in [-0.2, 0) is 20.6 Å². The van der Waals surface area contributed by atoms with Gasteiger partial charge in [0.1, 0.15) is 23.3 Å². The molecule has 2 fully saturated rings. The number of rotatable bonds is 5. The summed E-state index contributed by atoms with van der Waals surface area (Å²) in [6.07, 6.45) is -5.77. The van der Waals surface area contributed by atoms with Crippen molar-refractivity contribution in [2.24, 2.45) is 0 Å². The number of aromatic hydroxyl groups is 2. The molecule has 0 amide bonds. The molecule has 6 rings (SSSR count). The molecule has 0 bridgehead atoms. The highest BCUT2D eigenvalue weighted by molar-refractivity contribution is 6.31. The number of carbonyl (C=O) groups excluding carboxylic acids is 2. The quantitative estimate of drug-likeness (QED) is 0.253.